The average Bonchev–Trinajstić information content (AvgIpc) is 3.26. The molecule has 0 spiro atoms. The van der Waals surface area contributed by atoms with Gasteiger partial charge in [-0.1, -0.05) is 35.5 Å². The third-order valence-corrected chi connectivity index (χ3v) is 6.97. The summed E-state index contributed by atoms with van der Waals surface area (Å²) in [5.74, 6) is 1.20. The molecule has 1 aromatic heterocycles. The summed E-state index contributed by atoms with van der Waals surface area (Å²) in [4.78, 5) is 15.6. The lowest BCUT2D eigenvalue weighted by Gasteiger charge is -2.27. The second kappa shape index (κ2) is 11.5. The van der Waals surface area contributed by atoms with E-state index in [-0.39, 0.29) is 17.5 Å². The second-order valence-electron chi connectivity index (χ2n) is 7.50. The molecule has 0 radical (unpaired) electrons. The Kier molecular flexibility index (Phi) is 8.25. The predicted molar refractivity (Wildman–Crippen MR) is 130 cm³/mol. The summed E-state index contributed by atoms with van der Waals surface area (Å²) in [6.45, 7) is 5.19. The van der Waals surface area contributed by atoms with Crippen LogP contribution in [0.4, 0.5) is 10.3 Å². The number of aryl methyl sites for hydroxylation is 1. The molecule has 2 heterocycles. The van der Waals surface area contributed by atoms with Gasteiger partial charge in [0, 0.05) is 30.3 Å². The van der Waals surface area contributed by atoms with Crippen molar-refractivity contribution in [2.24, 2.45) is 0 Å². The molecule has 0 unspecified atom stereocenters. The molecule has 0 aliphatic carbocycles. The van der Waals surface area contributed by atoms with E-state index in [1.165, 1.54) is 34.4 Å². The van der Waals surface area contributed by atoms with Crippen LogP contribution in [0.2, 0.25) is 0 Å². The van der Waals surface area contributed by atoms with Crippen molar-refractivity contribution >= 4 is 35.4 Å². The monoisotopic (exact) mass is 487 g/mol. The number of halogens is 1. The molecule has 10 heteroatoms. The van der Waals surface area contributed by atoms with Crippen molar-refractivity contribution in [2.75, 3.05) is 49.3 Å². The van der Waals surface area contributed by atoms with Crippen LogP contribution in [0.25, 0.3) is 5.69 Å². The normalized spacial score (nSPS) is 13.8. The minimum Gasteiger partial charge on any atom is -0.378 e. The molecule has 1 aliphatic heterocycles. The maximum atomic E-state index is 13.9. The molecule has 3 aromatic rings. The van der Waals surface area contributed by atoms with Crippen LogP contribution in [0.1, 0.15) is 5.56 Å². The molecule has 0 bridgehead atoms. The van der Waals surface area contributed by atoms with Crippen molar-refractivity contribution in [3.8, 4) is 5.69 Å². The number of benzene rings is 2. The largest absolute Gasteiger partial charge is 0.378 e. The number of aromatic nitrogens is 3. The molecule has 1 N–H and O–H groups in total. The summed E-state index contributed by atoms with van der Waals surface area (Å²) in [5.41, 5.74) is 1.85. The molecular weight excluding hydrogens is 461 g/mol. The number of anilines is 1. The molecule has 33 heavy (non-hydrogen) atoms. The Morgan fingerprint density at radius 2 is 1.91 bits per heavy atom. The molecule has 1 fully saturated rings. The summed E-state index contributed by atoms with van der Waals surface area (Å²) in [7, 11) is 0. The first-order chi connectivity index (χ1) is 16.1. The van der Waals surface area contributed by atoms with Crippen LogP contribution >= 0.6 is 23.5 Å². The number of hydrogen-bond donors (Lipinski definition) is 1. The maximum Gasteiger partial charge on any atom is 0.232 e. The molecular formula is C23H26FN5O2S2. The molecule has 1 aliphatic rings. The Morgan fingerprint density at radius 1 is 1.12 bits per heavy atom. The number of carbonyl (C=O) groups excluding carboxylic acids is 1. The first-order valence-electron chi connectivity index (χ1n) is 10.7. The van der Waals surface area contributed by atoms with E-state index in [9.17, 15) is 9.18 Å². The van der Waals surface area contributed by atoms with Gasteiger partial charge in [0.05, 0.1) is 24.7 Å². The maximum absolute atomic E-state index is 13.9. The highest BCUT2D eigenvalue weighted by Crippen LogP contribution is 2.27. The van der Waals surface area contributed by atoms with Gasteiger partial charge in [-0.2, -0.15) is 0 Å². The van der Waals surface area contributed by atoms with Gasteiger partial charge in [-0.15, -0.1) is 22.0 Å². The zero-order chi connectivity index (χ0) is 23.0. The van der Waals surface area contributed by atoms with Gasteiger partial charge in [0.25, 0.3) is 0 Å². The van der Waals surface area contributed by atoms with Crippen LogP contribution < -0.4 is 10.2 Å². The molecule has 2 aromatic carbocycles. The Bertz CT molecular complexity index is 1070. The van der Waals surface area contributed by atoms with Gasteiger partial charge in [0.1, 0.15) is 5.82 Å². The number of ether oxygens (including phenoxy) is 1. The fourth-order valence-corrected chi connectivity index (χ4v) is 4.89. The van der Waals surface area contributed by atoms with Gasteiger partial charge in [-0.3, -0.25) is 9.36 Å². The highest BCUT2D eigenvalue weighted by atomic mass is 32.2. The van der Waals surface area contributed by atoms with E-state index in [4.69, 9.17) is 4.74 Å². The zero-order valence-electron chi connectivity index (χ0n) is 18.4. The van der Waals surface area contributed by atoms with Gasteiger partial charge < -0.3 is 15.0 Å². The number of rotatable bonds is 9. The number of morpholine rings is 1. The van der Waals surface area contributed by atoms with Gasteiger partial charge in [0.2, 0.25) is 11.9 Å². The van der Waals surface area contributed by atoms with Crippen molar-refractivity contribution in [1.29, 1.82) is 0 Å². The van der Waals surface area contributed by atoms with E-state index >= 15 is 0 Å². The van der Waals surface area contributed by atoms with Crippen molar-refractivity contribution in [2.45, 2.75) is 17.0 Å². The molecule has 0 atom stereocenters. The Morgan fingerprint density at radius 3 is 2.67 bits per heavy atom. The van der Waals surface area contributed by atoms with Crippen LogP contribution in [0.15, 0.2) is 58.6 Å². The molecule has 4 rings (SSSR count). The SMILES string of the molecule is Cc1ccc(SCCNC(=O)CSc2nnc(N3CCOCC3)n2-c2cccc(F)c2)cc1. The summed E-state index contributed by atoms with van der Waals surface area (Å²) in [5, 5.41) is 12.1. The van der Waals surface area contributed by atoms with E-state index in [0.717, 1.165) is 5.75 Å². The third-order valence-electron chi connectivity index (χ3n) is 5.02. The van der Waals surface area contributed by atoms with Crippen molar-refractivity contribution in [3.63, 3.8) is 0 Å². The Labute approximate surface area is 201 Å². The molecule has 1 amide bonds. The van der Waals surface area contributed by atoms with E-state index in [0.29, 0.717) is 49.6 Å². The zero-order valence-corrected chi connectivity index (χ0v) is 20.0. The summed E-state index contributed by atoms with van der Waals surface area (Å²) in [6, 6.07) is 14.6. The van der Waals surface area contributed by atoms with Gasteiger partial charge in [-0.25, -0.2) is 4.39 Å². The van der Waals surface area contributed by atoms with E-state index < -0.39 is 0 Å². The average molecular weight is 488 g/mol. The number of thioether (sulfide) groups is 2. The lowest BCUT2D eigenvalue weighted by molar-refractivity contribution is -0.118. The van der Waals surface area contributed by atoms with Crippen molar-refractivity contribution < 1.29 is 13.9 Å². The second-order valence-corrected chi connectivity index (χ2v) is 9.61. The predicted octanol–water partition coefficient (Wildman–Crippen LogP) is 3.55. The van der Waals surface area contributed by atoms with Crippen LogP contribution in [0.3, 0.4) is 0 Å². The minimum absolute atomic E-state index is 0.0776. The van der Waals surface area contributed by atoms with Crippen LogP contribution in [0.5, 0.6) is 0 Å². The number of amides is 1. The lowest BCUT2D eigenvalue weighted by atomic mass is 10.2. The summed E-state index contributed by atoms with van der Waals surface area (Å²) in [6.07, 6.45) is 0. The molecule has 0 saturated carbocycles. The standard InChI is InChI=1S/C23H26FN5O2S2/c1-17-5-7-20(8-6-17)32-14-9-25-21(30)16-33-23-27-26-22(28-10-12-31-13-11-28)29(23)19-4-2-3-18(24)15-19/h2-8,15H,9-14,16H2,1H3,(H,25,30). The van der Waals surface area contributed by atoms with Gasteiger partial charge >= 0.3 is 0 Å². The summed E-state index contributed by atoms with van der Waals surface area (Å²) >= 11 is 2.99. The van der Waals surface area contributed by atoms with Gasteiger partial charge in [-0.05, 0) is 37.3 Å². The number of carbonyl (C=O) groups is 1. The molecule has 7 nitrogen and oxygen atoms in total. The topological polar surface area (TPSA) is 72.3 Å². The summed E-state index contributed by atoms with van der Waals surface area (Å²) < 4.78 is 21.2. The first kappa shape index (κ1) is 23.6. The number of nitrogens with zero attached hydrogens (tertiary/aromatic N) is 4. The van der Waals surface area contributed by atoms with Crippen LogP contribution in [0, 0.1) is 12.7 Å². The van der Waals surface area contributed by atoms with E-state index in [1.807, 2.05) is 6.07 Å². The van der Waals surface area contributed by atoms with Crippen molar-refractivity contribution in [1.82, 2.24) is 20.1 Å². The van der Waals surface area contributed by atoms with Crippen LogP contribution in [-0.2, 0) is 9.53 Å². The highest BCUT2D eigenvalue weighted by Gasteiger charge is 2.22. The quantitative estimate of drug-likeness (QED) is 0.366. The smallest absolute Gasteiger partial charge is 0.232 e. The number of hydrogen-bond acceptors (Lipinski definition) is 7. The fourth-order valence-electron chi connectivity index (χ4n) is 3.34. The Balaban J connectivity index is 1.36. The van der Waals surface area contributed by atoms with Gasteiger partial charge in [0.15, 0.2) is 5.16 Å². The lowest BCUT2D eigenvalue weighted by Crippen LogP contribution is -2.37. The minimum atomic E-state index is -0.339. The molecule has 1 saturated heterocycles. The van der Waals surface area contributed by atoms with Crippen LogP contribution in [-0.4, -0.2) is 65.0 Å². The molecule has 174 valence electrons. The van der Waals surface area contributed by atoms with E-state index in [2.05, 4.69) is 51.6 Å². The first-order valence-corrected chi connectivity index (χ1v) is 12.7. The fraction of sp³-hybridized carbons (Fsp3) is 0.348. The Hall–Kier alpha value is -2.56. The van der Waals surface area contributed by atoms with Crippen molar-refractivity contribution in [3.05, 3.63) is 59.9 Å². The highest BCUT2D eigenvalue weighted by molar-refractivity contribution is 7.99. The van der Waals surface area contributed by atoms with E-state index in [1.54, 1.807) is 22.4 Å². The number of nitrogens with one attached hydrogen (secondary N) is 1. The third kappa shape index (κ3) is 6.49.